The van der Waals surface area contributed by atoms with Gasteiger partial charge in [-0.15, -0.1) is 0 Å². The standard InChI is InChI=1S/C21H25N5S/c1-27-16-18-4-5-20(24-13-18)25-11-2-3-19(15-25)21-23-10-12-26(21)14-17-6-8-22-9-7-17/h4-10,12-13,19H,2-3,11,14-16H2,1H3/t19-/m0/s1. The summed E-state index contributed by atoms with van der Waals surface area (Å²) in [5, 5.41) is 0. The molecule has 1 atom stereocenters. The van der Waals surface area contributed by atoms with Crippen molar-refractivity contribution in [1.29, 1.82) is 0 Å². The van der Waals surface area contributed by atoms with E-state index >= 15 is 0 Å². The molecule has 140 valence electrons. The van der Waals surface area contributed by atoms with Gasteiger partial charge in [-0.05, 0) is 48.4 Å². The van der Waals surface area contributed by atoms with Crippen LogP contribution in [0.2, 0.25) is 0 Å². The minimum Gasteiger partial charge on any atom is -0.356 e. The SMILES string of the molecule is CSCc1ccc(N2CCC[C@H](c3nccn3Cc3ccncc3)C2)nc1. The molecule has 1 fully saturated rings. The van der Waals surface area contributed by atoms with Crippen LogP contribution in [-0.4, -0.2) is 38.9 Å². The van der Waals surface area contributed by atoms with Gasteiger partial charge in [0, 0.05) is 62.3 Å². The molecule has 0 bridgehead atoms. The van der Waals surface area contributed by atoms with Gasteiger partial charge in [0.1, 0.15) is 11.6 Å². The molecule has 0 spiro atoms. The molecule has 0 unspecified atom stereocenters. The van der Waals surface area contributed by atoms with Crippen molar-refractivity contribution in [2.24, 2.45) is 0 Å². The molecule has 1 aliphatic heterocycles. The fourth-order valence-corrected chi connectivity index (χ4v) is 4.26. The first-order chi connectivity index (χ1) is 13.3. The summed E-state index contributed by atoms with van der Waals surface area (Å²) in [5.74, 6) is 3.71. The molecule has 0 N–H and O–H groups in total. The number of thioether (sulfide) groups is 1. The summed E-state index contributed by atoms with van der Waals surface area (Å²) in [4.78, 5) is 15.9. The van der Waals surface area contributed by atoms with Crippen molar-refractivity contribution in [3.05, 3.63) is 72.2 Å². The average Bonchev–Trinajstić information content (AvgIpc) is 3.18. The number of nitrogens with zero attached hydrogens (tertiary/aromatic N) is 5. The number of rotatable bonds is 6. The molecule has 1 aliphatic rings. The van der Waals surface area contributed by atoms with Crippen molar-refractivity contribution in [3.63, 3.8) is 0 Å². The lowest BCUT2D eigenvalue weighted by atomic mass is 9.97. The smallest absolute Gasteiger partial charge is 0.128 e. The van der Waals surface area contributed by atoms with Gasteiger partial charge in [0.15, 0.2) is 0 Å². The van der Waals surface area contributed by atoms with E-state index in [0.29, 0.717) is 5.92 Å². The monoisotopic (exact) mass is 379 g/mol. The van der Waals surface area contributed by atoms with Crippen LogP contribution in [0, 0.1) is 0 Å². The van der Waals surface area contributed by atoms with Crippen molar-refractivity contribution in [2.45, 2.75) is 31.1 Å². The molecular formula is C21H25N5S. The van der Waals surface area contributed by atoms with Crippen molar-refractivity contribution in [2.75, 3.05) is 24.2 Å². The number of pyridine rings is 2. The van der Waals surface area contributed by atoms with Crippen LogP contribution < -0.4 is 4.90 Å². The molecule has 4 heterocycles. The average molecular weight is 380 g/mol. The third-order valence-electron chi connectivity index (χ3n) is 5.08. The predicted octanol–water partition coefficient (Wildman–Crippen LogP) is 3.97. The van der Waals surface area contributed by atoms with Gasteiger partial charge in [-0.25, -0.2) is 9.97 Å². The molecular weight excluding hydrogens is 354 g/mol. The first-order valence-corrected chi connectivity index (χ1v) is 10.8. The summed E-state index contributed by atoms with van der Waals surface area (Å²) in [5.41, 5.74) is 2.54. The van der Waals surface area contributed by atoms with E-state index in [0.717, 1.165) is 31.2 Å². The van der Waals surface area contributed by atoms with E-state index in [9.17, 15) is 0 Å². The summed E-state index contributed by atoms with van der Waals surface area (Å²) in [6.45, 7) is 2.88. The van der Waals surface area contributed by atoms with Crippen LogP contribution in [0.5, 0.6) is 0 Å². The second-order valence-electron chi connectivity index (χ2n) is 7.01. The first-order valence-electron chi connectivity index (χ1n) is 9.42. The predicted molar refractivity (Wildman–Crippen MR) is 111 cm³/mol. The summed E-state index contributed by atoms with van der Waals surface area (Å²) in [6.07, 6.45) is 14.2. The van der Waals surface area contributed by atoms with Crippen LogP contribution in [-0.2, 0) is 12.3 Å². The number of aromatic nitrogens is 4. The lowest BCUT2D eigenvalue weighted by Gasteiger charge is -2.33. The van der Waals surface area contributed by atoms with Crippen molar-refractivity contribution in [3.8, 4) is 0 Å². The van der Waals surface area contributed by atoms with E-state index in [1.54, 1.807) is 0 Å². The zero-order valence-electron chi connectivity index (χ0n) is 15.7. The zero-order valence-corrected chi connectivity index (χ0v) is 16.5. The summed E-state index contributed by atoms with van der Waals surface area (Å²) in [6, 6.07) is 8.50. The molecule has 5 nitrogen and oxygen atoms in total. The third kappa shape index (κ3) is 4.33. The van der Waals surface area contributed by atoms with E-state index in [-0.39, 0.29) is 0 Å². The number of hydrogen-bond donors (Lipinski definition) is 0. The molecule has 4 rings (SSSR count). The summed E-state index contributed by atoms with van der Waals surface area (Å²) < 4.78 is 2.28. The highest BCUT2D eigenvalue weighted by molar-refractivity contribution is 7.97. The maximum atomic E-state index is 4.71. The Morgan fingerprint density at radius 2 is 1.96 bits per heavy atom. The zero-order chi connectivity index (χ0) is 18.5. The number of hydrogen-bond acceptors (Lipinski definition) is 5. The van der Waals surface area contributed by atoms with E-state index in [2.05, 4.69) is 51.2 Å². The fourth-order valence-electron chi connectivity index (χ4n) is 3.75. The van der Waals surface area contributed by atoms with Crippen molar-refractivity contribution >= 4 is 17.6 Å². The Kier molecular flexibility index (Phi) is 5.72. The largest absolute Gasteiger partial charge is 0.356 e. The van der Waals surface area contributed by atoms with Crippen molar-refractivity contribution < 1.29 is 0 Å². The highest BCUT2D eigenvalue weighted by atomic mass is 32.2. The third-order valence-corrected chi connectivity index (χ3v) is 5.70. The van der Waals surface area contributed by atoms with Gasteiger partial charge in [-0.1, -0.05) is 6.07 Å². The first kappa shape index (κ1) is 18.0. The molecule has 0 saturated carbocycles. The van der Waals surface area contributed by atoms with Crippen LogP contribution in [0.3, 0.4) is 0 Å². The van der Waals surface area contributed by atoms with Gasteiger partial charge >= 0.3 is 0 Å². The normalized spacial score (nSPS) is 17.2. The van der Waals surface area contributed by atoms with Gasteiger partial charge in [0.05, 0.1) is 0 Å². The van der Waals surface area contributed by atoms with E-state index in [1.807, 2.05) is 36.5 Å². The maximum Gasteiger partial charge on any atom is 0.128 e. The van der Waals surface area contributed by atoms with Gasteiger partial charge < -0.3 is 9.47 Å². The molecule has 0 aromatic carbocycles. The molecule has 3 aromatic heterocycles. The number of anilines is 1. The van der Waals surface area contributed by atoms with Crippen LogP contribution >= 0.6 is 11.8 Å². The van der Waals surface area contributed by atoms with Crippen LogP contribution in [0.4, 0.5) is 5.82 Å². The van der Waals surface area contributed by atoms with Crippen molar-refractivity contribution in [1.82, 2.24) is 19.5 Å². The van der Waals surface area contributed by atoms with E-state index in [4.69, 9.17) is 9.97 Å². The minimum absolute atomic E-state index is 0.434. The highest BCUT2D eigenvalue weighted by Crippen LogP contribution is 2.29. The fraction of sp³-hybridized carbons (Fsp3) is 0.381. The molecule has 0 aliphatic carbocycles. The lowest BCUT2D eigenvalue weighted by Crippen LogP contribution is -2.36. The molecule has 0 amide bonds. The second kappa shape index (κ2) is 8.57. The van der Waals surface area contributed by atoms with Gasteiger partial charge in [0.2, 0.25) is 0 Å². The maximum absolute atomic E-state index is 4.71. The van der Waals surface area contributed by atoms with Crippen LogP contribution in [0.25, 0.3) is 0 Å². The molecule has 0 radical (unpaired) electrons. The van der Waals surface area contributed by atoms with Gasteiger partial charge in [0.25, 0.3) is 0 Å². The Labute approximate surface area is 164 Å². The minimum atomic E-state index is 0.434. The van der Waals surface area contributed by atoms with Crippen LogP contribution in [0.1, 0.15) is 35.7 Å². The Morgan fingerprint density at radius 1 is 1.07 bits per heavy atom. The number of imidazole rings is 1. The molecule has 1 saturated heterocycles. The molecule has 27 heavy (non-hydrogen) atoms. The van der Waals surface area contributed by atoms with Gasteiger partial charge in [-0.2, -0.15) is 11.8 Å². The second-order valence-corrected chi connectivity index (χ2v) is 7.88. The van der Waals surface area contributed by atoms with Gasteiger partial charge in [-0.3, -0.25) is 4.98 Å². The Hall–Kier alpha value is -2.34. The number of piperidine rings is 1. The summed E-state index contributed by atoms with van der Waals surface area (Å²) in [7, 11) is 0. The Bertz CT molecular complexity index is 847. The molecule has 6 heteroatoms. The topological polar surface area (TPSA) is 46.8 Å². The Morgan fingerprint density at radius 3 is 2.74 bits per heavy atom. The lowest BCUT2D eigenvalue weighted by molar-refractivity contribution is 0.474. The molecule has 3 aromatic rings. The van der Waals surface area contributed by atoms with Crippen LogP contribution in [0.15, 0.2) is 55.2 Å². The highest BCUT2D eigenvalue weighted by Gasteiger charge is 2.25. The Balaban J connectivity index is 1.48. The summed E-state index contributed by atoms with van der Waals surface area (Å²) >= 11 is 1.83. The van der Waals surface area contributed by atoms with E-state index in [1.165, 1.54) is 29.8 Å². The van der Waals surface area contributed by atoms with E-state index < -0.39 is 0 Å². The quantitative estimate of drug-likeness (QED) is 0.649.